The van der Waals surface area contributed by atoms with E-state index in [0.717, 1.165) is 12.0 Å². The second kappa shape index (κ2) is 9.57. The van der Waals surface area contributed by atoms with Crippen LogP contribution >= 0.6 is 0 Å². The average Bonchev–Trinajstić information content (AvgIpc) is 2.75. The molecule has 3 rings (SSSR count). The quantitative estimate of drug-likeness (QED) is 0.522. The Kier molecular flexibility index (Phi) is 6.66. The van der Waals surface area contributed by atoms with Crippen molar-refractivity contribution in [2.75, 3.05) is 0 Å². The highest BCUT2D eigenvalue weighted by atomic mass is 16.5. The summed E-state index contributed by atoms with van der Waals surface area (Å²) in [6, 6.07) is 15.9. The van der Waals surface area contributed by atoms with Crippen LogP contribution in [0, 0.1) is 11.3 Å². The number of pyridine rings is 1. The number of ether oxygens (including phenoxy) is 2. The standard InChI is InChI=1S/C24H22N2O4/c1-3-4-21-22(10-9-20(16(2)27)24(21)28)29-15-17-5-7-19(8-6-17)30-23-13-18(14-25)11-12-26-23/h5-13,28H,3-4,15H2,1-2H3. The van der Waals surface area contributed by atoms with E-state index in [1.165, 1.54) is 13.1 Å². The van der Waals surface area contributed by atoms with Crippen LogP contribution in [-0.4, -0.2) is 15.9 Å². The van der Waals surface area contributed by atoms with Crippen molar-refractivity contribution in [1.29, 1.82) is 5.26 Å². The maximum absolute atomic E-state index is 11.7. The number of Topliss-reactive ketones (excluding diaryl/α,β-unsaturated/α-hetero) is 1. The van der Waals surface area contributed by atoms with Gasteiger partial charge in [0, 0.05) is 17.8 Å². The lowest BCUT2D eigenvalue weighted by Gasteiger charge is -2.15. The monoisotopic (exact) mass is 402 g/mol. The highest BCUT2D eigenvalue weighted by Crippen LogP contribution is 2.33. The summed E-state index contributed by atoms with van der Waals surface area (Å²) in [7, 11) is 0. The van der Waals surface area contributed by atoms with Gasteiger partial charge in [-0.25, -0.2) is 4.98 Å². The van der Waals surface area contributed by atoms with Crippen molar-refractivity contribution in [1.82, 2.24) is 4.98 Å². The number of carbonyl (C=O) groups is 1. The smallest absolute Gasteiger partial charge is 0.220 e. The van der Waals surface area contributed by atoms with Crippen LogP contribution < -0.4 is 9.47 Å². The highest BCUT2D eigenvalue weighted by molar-refractivity contribution is 5.97. The van der Waals surface area contributed by atoms with Crippen molar-refractivity contribution in [2.24, 2.45) is 0 Å². The van der Waals surface area contributed by atoms with E-state index in [1.807, 2.05) is 25.1 Å². The Morgan fingerprint density at radius 3 is 2.60 bits per heavy atom. The second-order valence-electron chi connectivity index (χ2n) is 6.77. The predicted molar refractivity (Wildman–Crippen MR) is 112 cm³/mol. The molecule has 0 bridgehead atoms. The molecule has 30 heavy (non-hydrogen) atoms. The minimum absolute atomic E-state index is 0.00213. The van der Waals surface area contributed by atoms with Crippen molar-refractivity contribution in [2.45, 2.75) is 33.3 Å². The molecule has 0 amide bonds. The lowest BCUT2D eigenvalue weighted by atomic mass is 10.0. The van der Waals surface area contributed by atoms with E-state index in [-0.39, 0.29) is 11.5 Å². The number of carbonyl (C=O) groups excluding carboxylic acids is 1. The Morgan fingerprint density at radius 2 is 1.93 bits per heavy atom. The molecule has 6 heteroatoms. The molecule has 2 aromatic carbocycles. The summed E-state index contributed by atoms with van der Waals surface area (Å²) in [6.45, 7) is 3.74. The first-order chi connectivity index (χ1) is 14.5. The normalized spacial score (nSPS) is 10.3. The fourth-order valence-electron chi connectivity index (χ4n) is 3.00. The molecule has 6 nitrogen and oxygen atoms in total. The van der Waals surface area contributed by atoms with Crippen LogP contribution in [-0.2, 0) is 13.0 Å². The molecule has 0 fully saturated rings. The van der Waals surface area contributed by atoms with Crippen molar-refractivity contribution in [3.05, 3.63) is 77.0 Å². The van der Waals surface area contributed by atoms with Crippen LogP contribution in [0.15, 0.2) is 54.7 Å². The molecule has 0 spiro atoms. The minimum Gasteiger partial charge on any atom is -0.507 e. The predicted octanol–water partition coefficient (Wildman–Crippen LogP) is 5.19. The number of aromatic hydroxyl groups is 1. The molecule has 0 aliphatic heterocycles. The van der Waals surface area contributed by atoms with Gasteiger partial charge in [-0.15, -0.1) is 0 Å². The number of nitriles is 1. The first-order valence-electron chi connectivity index (χ1n) is 9.63. The second-order valence-corrected chi connectivity index (χ2v) is 6.77. The first kappa shape index (κ1) is 20.9. The molecule has 0 saturated carbocycles. The van der Waals surface area contributed by atoms with E-state index < -0.39 is 0 Å². The molecule has 1 heterocycles. The van der Waals surface area contributed by atoms with Gasteiger partial charge in [0.05, 0.1) is 17.2 Å². The number of hydrogen-bond acceptors (Lipinski definition) is 6. The summed E-state index contributed by atoms with van der Waals surface area (Å²) in [5.41, 5.74) is 2.35. The molecule has 0 atom stereocenters. The zero-order valence-electron chi connectivity index (χ0n) is 16.9. The minimum atomic E-state index is -0.179. The van der Waals surface area contributed by atoms with Crippen LogP contribution in [0.4, 0.5) is 0 Å². The molecule has 0 aliphatic carbocycles. The van der Waals surface area contributed by atoms with E-state index in [1.54, 1.807) is 36.4 Å². The van der Waals surface area contributed by atoms with Gasteiger partial charge in [-0.05, 0) is 49.2 Å². The van der Waals surface area contributed by atoms with Gasteiger partial charge >= 0.3 is 0 Å². The third kappa shape index (κ3) is 4.95. The number of nitrogens with zero attached hydrogens (tertiary/aromatic N) is 2. The Balaban J connectivity index is 1.70. The van der Waals surface area contributed by atoms with Crippen molar-refractivity contribution in [3.63, 3.8) is 0 Å². The molecule has 0 radical (unpaired) electrons. The van der Waals surface area contributed by atoms with Crippen LogP contribution in [0.25, 0.3) is 0 Å². The van der Waals surface area contributed by atoms with E-state index in [9.17, 15) is 9.90 Å². The fraction of sp³-hybridized carbons (Fsp3) is 0.208. The zero-order valence-corrected chi connectivity index (χ0v) is 16.9. The number of hydrogen-bond donors (Lipinski definition) is 1. The zero-order chi connectivity index (χ0) is 21.5. The molecule has 0 saturated heterocycles. The Bertz CT molecular complexity index is 1090. The Hall–Kier alpha value is -3.85. The highest BCUT2D eigenvalue weighted by Gasteiger charge is 2.16. The number of aromatic nitrogens is 1. The largest absolute Gasteiger partial charge is 0.507 e. The summed E-state index contributed by atoms with van der Waals surface area (Å²) < 4.78 is 11.6. The van der Waals surface area contributed by atoms with Gasteiger partial charge < -0.3 is 14.6 Å². The first-order valence-corrected chi connectivity index (χ1v) is 9.63. The van der Waals surface area contributed by atoms with Gasteiger partial charge in [0.25, 0.3) is 0 Å². The van der Waals surface area contributed by atoms with Gasteiger partial charge in [0.15, 0.2) is 5.78 Å². The maximum atomic E-state index is 11.7. The number of phenolic OH excluding ortho intramolecular Hbond substituents is 1. The summed E-state index contributed by atoms with van der Waals surface area (Å²) in [5.74, 6) is 1.33. The molecule has 3 aromatic rings. The summed E-state index contributed by atoms with van der Waals surface area (Å²) in [4.78, 5) is 15.8. The Morgan fingerprint density at radius 1 is 1.17 bits per heavy atom. The van der Waals surface area contributed by atoms with E-state index >= 15 is 0 Å². The van der Waals surface area contributed by atoms with Gasteiger partial charge in [0.2, 0.25) is 5.88 Å². The maximum Gasteiger partial charge on any atom is 0.220 e. The SMILES string of the molecule is CCCc1c(OCc2ccc(Oc3cc(C#N)ccn3)cc2)ccc(C(C)=O)c1O. The molecular weight excluding hydrogens is 380 g/mol. The molecule has 0 aliphatic rings. The molecule has 1 N–H and O–H groups in total. The van der Waals surface area contributed by atoms with E-state index in [2.05, 4.69) is 4.98 Å². The third-order valence-corrected chi connectivity index (χ3v) is 4.52. The summed E-state index contributed by atoms with van der Waals surface area (Å²) >= 11 is 0. The lowest BCUT2D eigenvalue weighted by molar-refractivity contribution is 0.101. The topological polar surface area (TPSA) is 92.4 Å². The van der Waals surface area contributed by atoms with E-state index in [0.29, 0.717) is 47.1 Å². The fourth-order valence-corrected chi connectivity index (χ4v) is 3.00. The molecular formula is C24H22N2O4. The van der Waals surface area contributed by atoms with Gasteiger partial charge in [-0.3, -0.25) is 4.79 Å². The number of phenols is 1. The van der Waals surface area contributed by atoms with Gasteiger partial charge in [-0.2, -0.15) is 5.26 Å². The van der Waals surface area contributed by atoms with Crippen LogP contribution in [0.1, 0.15) is 47.3 Å². The van der Waals surface area contributed by atoms with Crippen LogP contribution in [0.5, 0.6) is 23.1 Å². The van der Waals surface area contributed by atoms with Gasteiger partial charge in [-0.1, -0.05) is 25.5 Å². The third-order valence-electron chi connectivity index (χ3n) is 4.52. The number of benzene rings is 2. The molecule has 0 unspecified atom stereocenters. The van der Waals surface area contributed by atoms with E-state index in [4.69, 9.17) is 14.7 Å². The van der Waals surface area contributed by atoms with Crippen LogP contribution in [0.3, 0.4) is 0 Å². The Labute approximate surface area is 175 Å². The van der Waals surface area contributed by atoms with Gasteiger partial charge in [0.1, 0.15) is 23.9 Å². The summed E-state index contributed by atoms with van der Waals surface area (Å²) in [5, 5.41) is 19.4. The molecule has 1 aromatic heterocycles. The summed E-state index contributed by atoms with van der Waals surface area (Å²) in [6.07, 6.45) is 2.96. The number of rotatable bonds is 8. The van der Waals surface area contributed by atoms with Crippen LogP contribution in [0.2, 0.25) is 0 Å². The van der Waals surface area contributed by atoms with Crippen molar-refractivity contribution < 1.29 is 19.4 Å². The van der Waals surface area contributed by atoms with Crippen molar-refractivity contribution >= 4 is 5.78 Å². The molecule has 152 valence electrons. The number of ketones is 1. The van der Waals surface area contributed by atoms with Crippen molar-refractivity contribution in [3.8, 4) is 29.2 Å². The lowest BCUT2D eigenvalue weighted by Crippen LogP contribution is -2.02. The average molecular weight is 402 g/mol.